The number of alkyl halides is 7. The van der Waals surface area contributed by atoms with Crippen LogP contribution < -0.4 is 0 Å². The highest BCUT2D eigenvalue weighted by molar-refractivity contribution is 6.88. The van der Waals surface area contributed by atoms with E-state index in [1.165, 1.54) is 63.5 Å². The molecule has 0 aromatic heterocycles. The van der Waals surface area contributed by atoms with E-state index >= 15 is 0 Å². The normalized spacial score (nSPS) is 12.2. The smallest absolute Gasteiger partial charge is 0.491 e. The summed E-state index contributed by atoms with van der Waals surface area (Å²) in [5.41, 5.74) is 1.46. The number of esters is 5. The van der Waals surface area contributed by atoms with E-state index in [0.717, 1.165) is 38.1 Å². The highest BCUT2D eigenvalue weighted by atomic mass is 35.5. The molecular weight excluding hydrogens is 2040 g/mol. The van der Waals surface area contributed by atoms with Gasteiger partial charge < -0.3 is 122 Å². The van der Waals surface area contributed by atoms with Crippen LogP contribution in [-0.4, -0.2) is 335 Å². The summed E-state index contributed by atoms with van der Waals surface area (Å²) < 4.78 is 201. The molecule has 0 rings (SSSR count). The Morgan fingerprint density at radius 3 is 1.07 bits per heavy atom. The van der Waals surface area contributed by atoms with Crippen LogP contribution in [0.2, 0.25) is 103 Å². The zero-order valence-electron chi connectivity index (χ0n) is 93.4. The van der Waals surface area contributed by atoms with Crippen LogP contribution in [0.15, 0.2) is 87.1 Å². The maximum atomic E-state index is 11.7. The molecule has 47 heteroatoms. The number of carbonyl (C=O) groups is 6. The van der Waals surface area contributed by atoms with Crippen molar-refractivity contribution in [3.8, 4) is 0 Å². The molecule has 0 radical (unpaired) electrons. The lowest BCUT2D eigenvalue weighted by molar-refractivity contribution is -0.224. The minimum absolute atomic E-state index is 0.0432. The summed E-state index contributed by atoms with van der Waals surface area (Å²) in [6.45, 7) is 95.7. The first-order valence-corrected chi connectivity index (χ1v) is 67.8. The number of aliphatic hydroxyl groups excluding tert-OH is 2. The van der Waals surface area contributed by atoms with E-state index in [0.29, 0.717) is 140 Å². The van der Waals surface area contributed by atoms with Gasteiger partial charge in [0.2, 0.25) is 19.5 Å². The monoisotopic (exact) mass is 2230 g/mol. The van der Waals surface area contributed by atoms with Crippen LogP contribution in [0.25, 0.3) is 0 Å². The summed E-state index contributed by atoms with van der Waals surface area (Å²) in [4.78, 5) is 64.2. The van der Waals surface area contributed by atoms with Gasteiger partial charge in [-0.15, -0.1) is 11.6 Å². The lowest BCUT2D eigenvalue weighted by Gasteiger charge is -2.39. The van der Waals surface area contributed by atoms with Crippen molar-refractivity contribution >= 4 is 97.8 Å². The molecule has 0 fully saturated rings. The average molecular weight is 2230 g/mol. The van der Waals surface area contributed by atoms with E-state index in [2.05, 4.69) is 148 Å². The molecule has 0 saturated heterocycles. The zero-order chi connectivity index (χ0) is 114. The van der Waals surface area contributed by atoms with Gasteiger partial charge in [-0.1, -0.05) is 85.6 Å². The van der Waals surface area contributed by atoms with Gasteiger partial charge in [0.1, 0.15) is 85.0 Å². The molecule has 0 aromatic rings. The van der Waals surface area contributed by atoms with E-state index < -0.39 is 105 Å². The fourth-order valence-corrected chi connectivity index (χ4v) is 39.3. The van der Waals surface area contributed by atoms with E-state index in [1.807, 2.05) is 48.5 Å². The third-order valence-electron chi connectivity index (χ3n) is 16.8. The number of aliphatic carboxylic acids is 1. The van der Waals surface area contributed by atoms with Gasteiger partial charge in [0.05, 0.1) is 110 Å². The topological polar surface area (TPSA) is 394 Å². The Morgan fingerprint density at radius 1 is 0.407 bits per heavy atom. The van der Waals surface area contributed by atoms with Gasteiger partial charge in [-0.3, -0.25) is 0 Å². The molecule has 0 spiro atoms. The minimum atomic E-state index is -5.08. The van der Waals surface area contributed by atoms with Crippen molar-refractivity contribution in [1.82, 2.24) is 0 Å². The standard InChI is InChI=1S/C27H58O8Si3.C22H37O8.C13H34O3Si3.C8H13F3O4.C8H12O3.C6H13O2.C6H12O2.C4H7ClO.C2HF3O2.C2H6O/c1-12-14-21-36(6,7)34-38(10,11)35-37(8,9)22-15-16-32-26(25(5)31-19-17-29-13-2)23-30-18-20-33-27(28)24(3)4;1-7-25-10-12-27-19(6)16-20(28-14-15-30-22(24)18(4)5)8-9-26-11-13-29-21(23)17(2)3;1-8-9-12-17(2,3)15-19(6,7)16-18(4,5)13-10-11-14;1-3-13-4-5-14-6(2)15-7(12)8(9,10)11;1-4-10-5-6-11-8(9)7(2)3;2*1-3-7-5-6-8-4-2;1-2-6-4-3-5;3-2(4,5)1(6)7;1-2-3/h25-26H,3,12-23H2,1-2,4-11H3;9,19-20H,2,4,7-8,10-16H2,1,3,5-6H3;14H,8-13H2,1-7H3;6H,3-5H2,1-2H3;4H,1-2,5-6H2,3H3;3H,4-6H2,1-2H3;3H,1,4-6H2,2H3;2H,1,3-4H2;(H,6,7);3H,2H2,1H3/q;+1;;;;+1;;;;. The quantitative estimate of drug-likeness (QED) is 0.00486. The Kier molecular flexibility index (Phi) is 115. The molecular formula is C98H193ClF6O34Si6+2. The highest BCUT2D eigenvalue weighted by Crippen LogP contribution is 2.29. The molecule has 145 heavy (non-hydrogen) atoms. The Morgan fingerprint density at radius 2 is 0.724 bits per heavy atom. The van der Waals surface area contributed by atoms with Crippen LogP contribution in [0, 0.1) is 13.2 Å². The summed E-state index contributed by atoms with van der Waals surface area (Å²) in [5, 5.41) is 23.7. The number of halogens is 7. The third kappa shape index (κ3) is 127. The predicted molar refractivity (Wildman–Crippen MR) is 570 cm³/mol. The molecule has 0 saturated carbocycles. The van der Waals surface area contributed by atoms with Gasteiger partial charge in [-0.25, -0.2) is 28.8 Å². The van der Waals surface area contributed by atoms with Crippen LogP contribution in [0.1, 0.15) is 162 Å². The maximum absolute atomic E-state index is 11.7. The number of ether oxygens (including phenoxy) is 21. The highest BCUT2D eigenvalue weighted by Gasteiger charge is 2.43. The Labute approximate surface area is 878 Å². The molecule has 0 aliphatic rings. The molecule has 0 aliphatic heterocycles. The first kappa shape index (κ1) is 160. The van der Waals surface area contributed by atoms with Crippen LogP contribution in [0.5, 0.6) is 0 Å². The number of unbranched alkanes of at least 4 members (excludes halogenated alkanes) is 2. The molecule has 3 N–H and O–H groups in total. The first-order valence-electron chi connectivity index (χ1n) is 49.1. The second kappa shape index (κ2) is 104. The summed E-state index contributed by atoms with van der Waals surface area (Å²) in [5.74, 6) is -6.17. The molecule has 0 aromatic carbocycles. The van der Waals surface area contributed by atoms with E-state index in [-0.39, 0.29) is 97.1 Å². The average Bonchev–Trinajstić information content (AvgIpc) is 0.839. The van der Waals surface area contributed by atoms with Crippen molar-refractivity contribution in [2.45, 2.75) is 308 Å². The predicted octanol–water partition coefficient (Wildman–Crippen LogP) is 20.8. The lowest BCUT2D eigenvalue weighted by Crippen LogP contribution is -2.52. The number of rotatable bonds is 77. The Bertz CT molecular complexity index is 3130. The van der Waals surface area contributed by atoms with Gasteiger partial charge in [0, 0.05) is 81.6 Å². The number of carbonyl (C=O) groups excluding carboxylic acids is 5. The molecule has 0 bridgehead atoms. The number of carboxylic acid groups (broad SMARTS) is 1. The lowest BCUT2D eigenvalue weighted by atomic mass is 10.1. The van der Waals surface area contributed by atoms with Crippen LogP contribution in [0.4, 0.5) is 26.3 Å². The van der Waals surface area contributed by atoms with Gasteiger partial charge in [-0.05, 0) is 206 Å². The molecule has 34 nitrogen and oxygen atoms in total. The molecule has 0 aliphatic carbocycles. The molecule has 5 unspecified atom stereocenters. The minimum Gasteiger partial charge on any atom is -0.501 e. The largest absolute Gasteiger partial charge is 0.501 e. The van der Waals surface area contributed by atoms with Gasteiger partial charge >= 0.3 is 65.3 Å². The molecule has 0 heterocycles. The summed E-state index contributed by atoms with van der Waals surface area (Å²) >= 11 is 5.21. The maximum Gasteiger partial charge on any atom is 0.491 e. The van der Waals surface area contributed by atoms with Crippen molar-refractivity contribution < 1.29 is 186 Å². The van der Waals surface area contributed by atoms with Crippen molar-refractivity contribution in [2.75, 3.05) is 191 Å². The van der Waals surface area contributed by atoms with Gasteiger partial charge in [0.15, 0.2) is 33.3 Å². The second-order valence-electron chi connectivity index (χ2n) is 34.1. The zero-order valence-corrected chi connectivity index (χ0v) is 100. The first-order chi connectivity index (χ1) is 67.6. The second-order valence-corrected chi connectivity index (χ2v) is 59.5. The van der Waals surface area contributed by atoms with E-state index in [1.54, 1.807) is 54.8 Å². The molecule has 5 atom stereocenters. The molecule has 860 valence electrons. The molecule has 0 amide bonds. The summed E-state index contributed by atoms with van der Waals surface area (Å²) in [6.07, 6.45) is -0.0443. The van der Waals surface area contributed by atoms with Crippen LogP contribution in [-0.2, 0) is 145 Å². The Hall–Kier alpha value is -5.45. The third-order valence-corrected chi connectivity index (χ3v) is 39.9. The van der Waals surface area contributed by atoms with Gasteiger partial charge in [-0.2, -0.15) is 35.8 Å². The Balaban J connectivity index is -0.000000189. The summed E-state index contributed by atoms with van der Waals surface area (Å²) in [6, 6.07) is 4.42. The fourth-order valence-electron chi connectivity index (χ4n) is 10.8. The van der Waals surface area contributed by atoms with Crippen molar-refractivity contribution in [3.05, 3.63) is 100 Å². The number of hydrogen-bond donors (Lipinski definition) is 3. The SMILES string of the molecule is C=C(C)C(=O)OCCOCC(OCCC[Si](C)(C)O[Si](C)(C)O[Si](C)(C)CCCC)C(C)OCCOCC.C=C(C)C(=O)OCCO[CH+]CC(CC(C)OCCOCC)OCCOC(=O)C(=C)C.C=COCCCl.C=COCCOC(=O)C(=C)C.C=COCCOCC.CCCC[Si](C)(C)O[Si](C)(C)O[Si](C)(C)CCCO.CCO.CCOCCOC(C)OC(=O)C(F)(F)F.C[CH+]OCCOCC.O=C(O)C(F)(F)F. The van der Waals surface area contributed by atoms with Crippen molar-refractivity contribution in [3.63, 3.8) is 0 Å². The van der Waals surface area contributed by atoms with Crippen molar-refractivity contribution in [1.29, 1.82) is 0 Å². The van der Waals surface area contributed by atoms with E-state index in [4.69, 9.17) is 138 Å². The number of carboxylic acids is 1. The van der Waals surface area contributed by atoms with Gasteiger partial charge in [0.25, 0.3) is 0 Å². The van der Waals surface area contributed by atoms with Crippen LogP contribution in [0.3, 0.4) is 0 Å². The number of hydrogen-bond acceptors (Lipinski definition) is 33. The fraction of sp³-hybridized carbons (Fsp3) is 0.776. The number of aliphatic hydroxyl groups is 2. The van der Waals surface area contributed by atoms with Crippen molar-refractivity contribution in [2.24, 2.45) is 0 Å². The van der Waals surface area contributed by atoms with Crippen LogP contribution >= 0.6 is 11.6 Å². The van der Waals surface area contributed by atoms with E-state index in [9.17, 15) is 50.3 Å². The summed E-state index contributed by atoms with van der Waals surface area (Å²) in [7, 11) is -11.1.